The van der Waals surface area contributed by atoms with Gasteiger partial charge in [0.05, 0.1) is 0 Å². The molecular formula is C14H7F3N4O3. The molecule has 0 aliphatic heterocycles. The molecule has 2 rings (SSSR count). The molecule has 0 aliphatic rings. The number of hydrogen-bond acceptors (Lipinski definition) is 6. The number of nitrogen functional groups attached to an aromatic ring is 1. The first-order valence-electron chi connectivity index (χ1n) is 6.13. The van der Waals surface area contributed by atoms with Crippen LogP contribution in [0.4, 0.5) is 19.0 Å². The number of benzene rings is 1. The maximum Gasteiger partial charge on any atom is 0.573 e. The number of nitriles is 2. The highest BCUT2D eigenvalue weighted by molar-refractivity contribution is 5.81. The van der Waals surface area contributed by atoms with Gasteiger partial charge in [0, 0.05) is 5.56 Å². The van der Waals surface area contributed by atoms with E-state index in [1.165, 1.54) is 0 Å². The van der Waals surface area contributed by atoms with E-state index in [1.54, 1.807) is 12.1 Å². The second-order valence-corrected chi connectivity index (χ2v) is 4.45. The molecule has 1 aromatic carbocycles. The van der Waals surface area contributed by atoms with Crippen LogP contribution in [-0.4, -0.2) is 16.5 Å². The predicted molar refractivity (Wildman–Crippen MR) is 74.7 cm³/mol. The lowest BCUT2D eigenvalue weighted by Gasteiger charge is -2.13. The molecule has 0 radical (unpaired) electrons. The Morgan fingerprint density at radius 3 is 2.38 bits per heavy atom. The molecule has 0 amide bonds. The number of aromatic nitrogens is 1. The van der Waals surface area contributed by atoms with Crippen LogP contribution >= 0.6 is 0 Å². The first kappa shape index (κ1) is 16.7. The van der Waals surface area contributed by atoms with Crippen molar-refractivity contribution in [1.82, 2.24) is 4.98 Å². The second kappa shape index (κ2) is 5.85. The molecule has 0 fully saturated rings. The number of hydrogen-bond donors (Lipinski definition) is 3. The van der Waals surface area contributed by atoms with Crippen LogP contribution in [0.25, 0.3) is 11.1 Å². The van der Waals surface area contributed by atoms with Gasteiger partial charge in [-0.15, -0.1) is 13.2 Å². The Balaban J connectivity index is 2.79. The lowest BCUT2D eigenvalue weighted by atomic mass is 9.96. The van der Waals surface area contributed by atoms with Gasteiger partial charge in [-0.1, -0.05) is 6.07 Å². The number of phenols is 1. The molecule has 0 saturated heterocycles. The minimum Gasteiger partial charge on any atom is -0.504 e. The number of phenolic OH excluding ortho intramolecular Hbond substituents is 1. The fraction of sp³-hybridized carbons (Fsp3) is 0.0714. The van der Waals surface area contributed by atoms with Gasteiger partial charge in [0.1, 0.15) is 29.1 Å². The number of pyridine rings is 1. The number of halogens is 3. The van der Waals surface area contributed by atoms with Gasteiger partial charge in [-0.3, -0.25) is 4.79 Å². The van der Waals surface area contributed by atoms with Crippen molar-refractivity contribution in [2.75, 3.05) is 5.73 Å². The molecule has 4 N–H and O–H groups in total. The third-order valence-electron chi connectivity index (χ3n) is 2.94. The van der Waals surface area contributed by atoms with Gasteiger partial charge in [0.15, 0.2) is 11.5 Å². The maximum absolute atomic E-state index is 12.4. The summed E-state index contributed by atoms with van der Waals surface area (Å²) in [5, 5.41) is 27.7. The summed E-state index contributed by atoms with van der Waals surface area (Å²) in [6.07, 6.45) is -5.07. The molecule has 2 aromatic rings. The van der Waals surface area contributed by atoms with E-state index in [9.17, 15) is 23.1 Å². The molecular weight excluding hydrogens is 329 g/mol. The van der Waals surface area contributed by atoms with E-state index in [2.05, 4.69) is 9.72 Å². The van der Waals surface area contributed by atoms with E-state index in [4.69, 9.17) is 16.3 Å². The van der Waals surface area contributed by atoms with Gasteiger partial charge >= 0.3 is 6.36 Å². The normalized spacial score (nSPS) is 10.7. The average Bonchev–Trinajstić information content (AvgIpc) is 2.47. The molecule has 7 nitrogen and oxygen atoms in total. The van der Waals surface area contributed by atoms with Gasteiger partial charge in [-0.25, -0.2) is 0 Å². The highest BCUT2D eigenvalue weighted by Gasteiger charge is 2.32. The number of nitrogens with one attached hydrogen (secondary N) is 1. The smallest absolute Gasteiger partial charge is 0.504 e. The summed E-state index contributed by atoms with van der Waals surface area (Å²) in [5.74, 6) is -2.11. The first-order chi connectivity index (χ1) is 11.2. The van der Waals surface area contributed by atoms with Crippen LogP contribution in [0, 0.1) is 22.7 Å². The topological polar surface area (TPSA) is 136 Å². The SMILES string of the molecule is N#Cc1c(N)[nH]c(=O)c(C#N)c1-c1ccc(O)c(OC(F)(F)F)c1. The Kier molecular flexibility index (Phi) is 4.07. The Morgan fingerprint density at radius 2 is 1.83 bits per heavy atom. The number of H-pyrrole nitrogens is 1. The number of ether oxygens (including phenoxy) is 1. The number of nitrogens with two attached hydrogens (primary N) is 1. The number of rotatable bonds is 2. The van der Waals surface area contributed by atoms with Crippen molar-refractivity contribution in [3.8, 4) is 34.8 Å². The van der Waals surface area contributed by atoms with E-state index in [0.717, 1.165) is 18.2 Å². The molecule has 0 spiro atoms. The molecule has 122 valence electrons. The van der Waals surface area contributed by atoms with Crippen LogP contribution in [0.3, 0.4) is 0 Å². The summed E-state index contributed by atoms with van der Waals surface area (Å²) < 4.78 is 40.8. The summed E-state index contributed by atoms with van der Waals surface area (Å²) >= 11 is 0. The van der Waals surface area contributed by atoms with Crippen molar-refractivity contribution in [3.63, 3.8) is 0 Å². The van der Waals surface area contributed by atoms with Gasteiger partial charge in [-0.05, 0) is 17.7 Å². The Bertz CT molecular complexity index is 952. The van der Waals surface area contributed by atoms with Crippen molar-refractivity contribution in [2.45, 2.75) is 6.36 Å². The third kappa shape index (κ3) is 3.08. The summed E-state index contributed by atoms with van der Waals surface area (Å²) in [5.41, 5.74) is 3.42. The van der Waals surface area contributed by atoms with E-state index >= 15 is 0 Å². The number of anilines is 1. The lowest BCUT2D eigenvalue weighted by Crippen LogP contribution is -2.18. The van der Waals surface area contributed by atoms with Gasteiger partial charge in [0.2, 0.25) is 0 Å². The minimum atomic E-state index is -5.07. The van der Waals surface area contributed by atoms with Crippen LogP contribution in [-0.2, 0) is 0 Å². The molecule has 0 saturated carbocycles. The largest absolute Gasteiger partial charge is 0.573 e. The summed E-state index contributed by atoms with van der Waals surface area (Å²) in [6, 6.07) is 5.98. The molecule has 0 bridgehead atoms. The maximum atomic E-state index is 12.4. The third-order valence-corrected chi connectivity index (χ3v) is 2.94. The Morgan fingerprint density at radius 1 is 1.21 bits per heavy atom. The van der Waals surface area contributed by atoms with E-state index < -0.39 is 29.0 Å². The zero-order chi connectivity index (χ0) is 18.1. The Hall–Kier alpha value is -3.66. The van der Waals surface area contributed by atoms with Gasteiger partial charge < -0.3 is 20.6 Å². The zero-order valence-electron chi connectivity index (χ0n) is 11.6. The highest BCUT2D eigenvalue weighted by atomic mass is 19.4. The van der Waals surface area contributed by atoms with Crippen molar-refractivity contribution >= 4 is 5.82 Å². The number of aromatic amines is 1. The second-order valence-electron chi connectivity index (χ2n) is 4.45. The summed E-state index contributed by atoms with van der Waals surface area (Å²) in [6.45, 7) is 0. The minimum absolute atomic E-state index is 0.127. The standard InChI is InChI=1S/C14H7F3N4O3/c15-14(16,17)24-10-3-6(1-2-9(10)22)11-7(4-18)12(20)21-13(23)8(11)5-19/h1-3,22H,(H3,20,21,23). The monoisotopic (exact) mass is 336 g/mol. The fourth-order valence-electron chi connectivity index (χ4n) is 2.01. The number of nitrogens with zero attached hydrogens (tertiary/aromatic N) is 2. The lowest BCUT2D eigenvalue weighted by molar-refractivity contribution is -0.275. The van der Waals surface area contributed by atoms with Crippen molar-refractivity contribution in [2.24, 2.45) is 0 Å². The molecule has 0 unspecified atom stereocenters. The fourth-order valence-corrected chi connectivity index (χ4v) is 2.01. The molecule has 10 heteroatoms. The molecule has 1 aromatic heterocycles. The van der Waals surface area contributed by atoms with Crippen LogP contribution < -0.4 is 16.0 Å². The molecule has 0 aliphatic carbocycles. The highest BCUT2D eigenvalue weighted by Crippen LogP contribution is 2.37. The quantitative estimate of drug-likeness (QED) is 0.767. The Labute approximate surface area is 131 Å². The van der Waals surface area contributed by atoms with E-state index in [1.807, 2.05) is 0 Å². The van der Waals surface area contributed by atoms with Crippen molar-refractivity contribution in [1.29, 1.82) is 10.5 Å². The van der Waals surface area contributed by atoms with Gasteiger partial charge in [-0.2, -0.15) is 10.5 Å². The molecule has 24 heavy (non-hydrogen) atoms. The van der Waals surface area contributed by atoms with Gasteiger partial charge in [0.25, 0.3) is 5.56 Å². The predicted octanol–water partition coefficient (Wildman–Crippen LogP) is 1.97. The number of aromatic hydroxyl groups is 1. The number of alkyl halides is 3. The summed E-state index contributed by atoms with van der Waals surface area (Å²) in [4.78, 5) is 13.9. The van der Waals surface area contributed by atoms with Crippen LogP contribution in [0.2, 0.25) is 0 Å². The molecule has 0 atom stereocenters. The van der Waals surface area contributed by atoms with E-state index in [0.29, 0.717) is 0 Å². The zero-order valence-corrected chi connectivity index (χ0v) is 11.6. The van der Waals surface area contributed by atoms with Crippen LogP contribution in [0.5, 0.6) is 11.5 Å². The summed E-state index contributed by atoms with van der Waals surface area (Å²) in [7, 11) is 0. The molecule has 1 heterocycles. The first-order valence-corrected chi connectivity index (χ1v) is 6.13. The average molecular weight is 336 g/mol. The van der Waals surface area contributed by atoms with Crippen molar-refractivity contribution in [3.05, 3.63) is 39.7 Å². The van der Waals surface area contributed by atoms with Crippen LogP contribution in [0.15, 0.2) is 23.0 Å². The van der Waals surface area contributed by atoms with Crippen LogP contribution in [0.1, 0.15) is 11.1 Å². The van der Waals surface area contributed by atoms with E-state index in [-0.39, 0.29) is 22.5 Å². The van der Waals surface area contributed by atoms with Crippen molar-refractivity contribution < 1.29 is 23.0 Å².